The van der Waals surface area contributed by atoms with Gasteiger partial charge in [-0.25, -0.2) is 0 Å². The van der Waals surface area contributed by atoms with E-state index in [1.807, 2.05) is 24.1 Å². The molecule has 0 fully saturated rings. The monoisotopic (exact) mass is 228 g/mol. The maximum Gasteiger partial charge on any atom is 0.0598 e. The van der Waals surface area contributed by atoms with E-state index in [-0.39, 0.29) is 6.10 Å². The third kappa shape index (κ3) is 3.61. The Bertz CT molecular complexity index is 328. The third-order valence-corrected chi connectivity index (χ3v) is 2.52. The molecular weight excluding hydrogens is 212 g/mol. The van der Waals surface area contributed by atoms with E-state index >= 15 is 0 Å². The van der Waals surface area contributed by atoms with Gasteiger partial charge in [-0.3, -0.25) is 0 Å². The highest BCUT2D eigenvalue weighted by Gasteiger charge is 2.06. The number of benzene rings is 1. The van der Waals surface area contributed by atoms with E-state index < -0.39 is 0 Å². The number of nitrogens with zero attached hydrogens (tertiary/aromatic N) is 1. The number of aliphatic hydroxyl groups excluding tert-OH is 1. The lowest BCUT2D eigenvalue weighted by atomic mass is 10.2. The lowest BCUT2D eigenvalue weighted by Crippen LogP contribution is -2.22. The van der Waals surface area contributed by atoms with Crippen molar-refractivity contribution in [3.8, 4) is 0 Å². The van der Waals surface area contributed by atoms with Gasteiger partial charge in [0.05, 0.1) is 17.5 Å². The largest absolute Gasteiger partial charge is 0.397 e. The highest BCUT2D eigenvalue weighted by molar-refractivity contribution is 6.31. The van der Waals surface area contributed by atoms with Crippen molar-refractivity contribution >= 4 is 23.0 Å². The molecule has 0 aromatic heterocycles. The first-order chi connectivity index (χ1) is 7.00. The summed E-state index contributed by atoms with van der Waals surface area (Å²) in [5.41, 5.74) is 7.45. The van der Waals surface area contributed by atoms with Crippen molar-refractivity contribution in [2.24, 2.45) is 0 Å². The van der Waals surface area contributed by atoms with Crippen LogP contribution >= 0.6 is 11.6 Å². The number of nitrogens with two attached hydrogens (primary N) is 1. The summed E-state index contributed by atoms with van der Waals surface area (Å²) in [5, 5.41) is 9.82. The lowest BCUT2D eigenvalue weighted by Gasteiger charge is -2.21. The normalized spacial score (nSPS) is 12.5. The Kier molecular flexibility index (Phi) is 4.24. The van der Waals surface area contributed by atoms with Crippen molar-refractivity contribution < 1.29 is 5.11 Å². The molecule has 0 aliphatic carbocycles. The molecule has 0 radical (unpaired) electrons. The number of hydrogen-bond donors (Lipinski definition) is 2. The van der Waals surface area contributed by atoms with Crippen LogP contribution in [0.15, 0.2) is 18.2 Å². The van der Waals surface area contributed by atoms with Crippen LogP contribution in [0.4, 0.5) is 11.4 Å². The standard InChI is InChI=1S/C11H17ClN2O/c1-8(15)5-6-14(2)11-4-3-9(12)7-10(11)13/h3-4,7-8,15H,5-6,13H2,1-2H3. The maximum absolute atomic E-state index is 9.18. The molecule has 1 atom stereocenters. The van der Waals surface area contributed by atoms with Gasteiger partial charge < -0.3 is 15.7 Å². The Morgan fingerprint density at radius 2 is 2.20 bits per heavy atom. The molecule has 1 rings (SSSR count). The molecule has 84 valence electrons. The maximum atomic E-state index is 9.18. The number of anilines is 2. The first-order valence-electron chi connectivity index (χ1n) is 4.95. The highest BCUT2D eigenvalue weighted by Crippen LogP contribution is 2.25. The number of nitrogen functional groups attached to an aromatic ring is 1. The van der Waals surface area contributed by atoms with Crippen LogP contribution in [0.1, 0.15) is 13.3 Å². The molecule has 15 heavy (non-hydrogen) atoms. The van der Waals surface area contributed by atoms with Crippen LogP contribution in [-0.4, -0.2) is 24.8 Å². The minimum Gasteiger partial charge on any atom is -0.397 e. The number of aliphatic hydroxyl groups is 1. The van der Waals surface area contributed by atoms with Crippen molar-refractivity contribution in [3.05, 3.63) is 23.2 Å². The van der Waals surface area contributed by atoms with Gasteiger partial charge in [0.2, 0.25) is 0 Å². The minimum absolute atomic E-state index is 0.291. The molecule has 0 aliphatic heterocycles. The SMILES string of the molecule is CC(O)CCN(C)c1ccc(Cl)cc1N. The molecule has 0 bridgehead atoms. The van der Waals surface area contributed by atoms with Crippen molar-refractivity contribution in [3.63, 3.8) is 0 Å². The van der Waals surface area contributed by atoms with Crippen LogP contribution < -0.4 is 10.6 Å². The molecular formula is C11H17ClN2O. The quantitative estimate of drug-likeness (QED) is 0.777. The zero-order valence-corrected chi connectivity index (χ0v) is 9.83. The van der Waals surface area contributed by atoms with Gasteiger partial charge in [0.15, 0.2) is 0 Å². The molecule has 1 aromatic carbocycles. The van der Waals surface area contributed by atoms with E-state index in [4.69, 9.17) is 17.3 Å². The first kappa shape index (κ1) is 12.1. The second kappa shape index (κ2) is 5.24. The fraction of sp³-hybridized carbons (Fsp3) is 0.455. The topological polar surface area (TPSA) is 49.5 Å². The predicted molar refractivity (Wildman–Crippen MR) is 65.4 cm³/mol. The van der Waals surface area contributed by atoms with Gasteiger partial charge in [0.1, 0.15) is 0 Å². The smallest absolute Gasteiger partial charge is 0.0598 e. The van der Waals surface area contributed by atoms with E-state index in [0.29, 0.717) is 10.7 Å². The Hall–Kier alpha value is -0.930. The molecule has 0 saturated carbocycles. The van der Waals surface area contributed by atoms with Crippen LogP contribution in [0.2, 0.25) is 5.02 Å². The van der Waals surface area contributed by atoms with Crippen LogP contribution in [-0.2, 0) is 0 Å². The first-order valence-corrected chi connectivity index (χ1v) is 5.32. The van der Waals surface area contributed by atoms with E-state index in [1.165, 1.54) is 0 Å². The van der Waals surface area contributed by atoms with Crippen molar-refractivity contribution in [2.45, 2.75) is 19.4 Å². The van der Waals surface area contributed by atoms with E-state index in [2.05, 4.69) is 0 Å². The Morgan fingerprint density at radius 3 is 2.73 bits per heavy atom. The Labute approximate surface area is 95.5 Å². The van der Waals surface area contributed by atoms with Crippen LogP contribution in [0.5, 0.6) is 0 Å². The highest BCUT2D eigenvalue weighted by atomic mass is 35.5. The average Bonchev–Trinajstić information content (AvgIpc) is 2.14. The Morgan fingerprint density at radius 1 is 1.53 bits per heavy atom. The summed E-state index contributed by atoms with van der Waals surface area (Å²) in [6.07, 6.45) is 0.430. The molecule has 1 aromatic rings. The van der Waals surface area contributed by atoms with Crippen molar-refractivity contribution in [2.75, 3.05) is 24.2 Å². The molecule has 0 spiro atoms. The van der Waals surface area contributed by atoms with Gasteiger partial charge in [-0.2, -0.15) is 0 Å². The van der Waals surface area contributed by atoms with Crippen molar-refractivity contribution in [1.29, 1.82) is 0 Å². The second-order valence-electron chi connectivity index (χ2n) is 3.76. The molecule has 0 heterocycles. The summed E-state index contributed by atoms with van der Waals surface area (Å²) in [6.45, 7) is 2.54. The number of halogens is 1. The number of hydrogen-bond acceptors (Lipinski definition) is 3. The van der Waals surface area contributed by atoms with Gasteiger partial charge in [0, 0.05) is 18.6 Å². The molecule has 3 N–H and O–H groups in total. The lowest BCUT2D eigenvalue weighted by molar-refractivity contribution is 0.187. The summed E-state index contributed by atoms with van der Waals surface area (Å²) in [4.78, 5) is 2.01. The van der Waals surface area contributed by atoms with Gasteiger partial charge in [-0.05, 0) is 31.5 Å². The molecule has 0 saturated heterocycles. The summed E-state index contributed by atoms with van der Waals surface area (Å²) in [5.74, 6) is 0. The summed E-state index contributed by atoms with van der Waals surface area (Å²) >= 11 is 5.81. The molecule has 1 unspecified atom stereocenters. The number of rotatable bonds is 4. The summed E-state index contributed by atoms with van der Waals surface area (Å²) in [6, 6.07) is 5.43. The average molecular weight is 229 g/mol. The second-order valence-corrected chi connectivity index (χ2v) is 4.20. The molecule has 0 aliphatic rings. The van der Waals surface area contributed by atoms with Crippen LogP contribution in [0.25, 0.3) is 0 Å². The minimum atomic E-state index is -0.291. The molecule has 4 heteroatoms. The third-order valence-electron chi connectivity index (χ3n) is 2.28. The molecule has 3 nitrogen and oxygen atoms in total. The van der Waals surface area contributed by atoms with Gasteiger partial charge >= 0.3 is 0 Å². The van der Waals surface area contributed by atoms with Gasteiger partial charge in [-0.15, -0.1) is 0 Å². The van der Waals surface area contributed by atoms with Crippen LogP contribution in [0, 0.1) is 0 Å². The zero-order valence-electron chi connectivity index (χ0n) is 9.07. The zero-order chi connectivity index (χ0) is 11.4. The van der Waals surface area contributed by atoms with E-state index in [1.54, 1.807) is 13.0 Å². The van der Waals surface area contributed by atoms with Crippen LogP contribution in [0.3, 0.4) is 0 Å². The fourth-order valence-electron chi connectivity index (χ4n) is 1.37. The van der Waals surface area contributed by atoms with Crippen molar-refractivity contribution in [1.82, 2.24) is 0 Å². The molecule has 0 amide bonds. The predicted octanol–water partition coefficient (Wildman–Crippen LogP) is 2.13. The van der Waals surface area contributed by atoms with Gasteiger partial charge in [0.25, 0.3) is 0 Å². The van der Waals surface area contributed by atoms with E-state index in [9.17, 15) is 5.11 Å². The van der Waals surface area contributed by atoms with E-state index in [0.717, 1.165) is 18.7 Å². The Balaban J connectivity index is 2.69. The fourth-order valence-corrected chi connectivity index (χ4v) is 1.55. The summed E-state index contributed by atoms with van der Waals surface area (Å²) in [7, 11) is 1.95. The summed E-state index contributed by atoms with van der Waals surface area (Å²) < 4.78 is 0. The van der Waals surface area contributed by atoms with Gasteiger partial charge in [-0.1, -0.05) is 11.6 Å².